The summed E-state index contributed by atoms with van der Waals surface area (Å²) in [4.78, 5) is 23.4. The Bertz CT molecular complexity index is 465. The van der Waals surface area contributed by atoms with Crippen LogP contribution in [0.2, 0.25) is 0 Å². The first-order chi connectivity index (χ1) is 9.78. The van der Waals surface area contributed by atoms with E-state index in [0.717, 1.165) is 0 Å². The Balaban J connectivity index is 2.28. The van der Waals surface area contributed by atoms with Crippen molar-refractivity contribution in [1.29, 1.82) is 0 Å². The van der Waals surface area contributed by atoms with Crippen LogP contribution >= 0.6 is 0 Å². The highest BCUT2D eigenvalue weighted by molar-refractivity contribution is 5.84. The average molecular weight is 293 g/mol. The Hall–Kier alpha value is -2.04. The molecule has 0 heterocycles. The minimum Gasteiger partial charge on any atom is -0.493 e. The zero-order valence-electron chi connectivity index (χ0n) is 13.0. The average Bonchev–Trinajstić information content (AvgIpc) is 2.37. The van der Waals surface area contributed by atoms with Gasteiger partial charge < -0.3 is 14.8 Å². The molecule has 1 rings (SSSR count). The lowest BCUT2D eigenvalue weighted by molar-refractivity contribution is -0.158. The molecular weight excluding hydrogens is 270 g/mol. The number of amides is 1. The highest BCUT2D eigenvalue weighted by Gasteiger charge is 2.22. The van der Waals surface area contributed by atoms with Crippen molar-refractivity contribution in [2.45, 2.75) is 45.8 Å². The maximum absolute atomic E-state index is 11.7. The number of rotatable bonds is 6. The van der Waals surface area contributed by atoms with Gasteiger partial charge in [-0.1, -0.05) is 18.2 Å². The fraction of sp³-hybridized carbons (Fsp3) is 0.500. The van der Waals surface area contributed by atoms with Crippen LogP contribution in [0.5, 0.6) is 5.75 Å². The minimum atomic E-state index is -0.673. The van der Waals surface area contributed by atoms with E-state index in [9.17, 15) is 9.59 Å². The molecule has 0 bridgehead atoms. The summed E-state index contributed by atoms with van der Waals surface area (Å²) in [5.74, 6) is 0.0228. The molecule has 1 atom stereocenters. The lowest BCUT2D eigenvalue weighted by atomic mass is 10.2. The molecule has 0 aliphatic heterocycles. The van der Waals surface area contributed by atoms with Crippen LogP contribution in [0.4, 0.5) is 0 Å². The summed E-state index contributed by atoms with van der Waals surface area (Å²) >= 11 is 0. The summed E-state index contributed by atoms with van der Waals surface area (Å²) in [6, 6.07) is 8.58. The van der Waals surface area contributed by atoms with Gasteiger partial charge in [0.25, 0.3) is 0 Å². The molecule has 1 aromatic rings. The second-order valence-corrected chi connectivity index (χ2v) is 5.73. The molecule has 0 aromatic heterocycles. The van der Waals surface area contributed by atoms with Crippen molar-refractivity contribution in [3.63, 3.8) is 0 Å². The zero-order valence-corrected chi connectivity index (χ0v) is 13.0. The third-order valence-electron chi connectivity index (χ3n) is 2.48. The summed E-state index contributed by atoms with van der Waals surface area (Å²) in [7, 11) is 0. The van der Waals surface area contributed by atoms with Gasteiger partial charge in [-0.3, -0.25) is 4.79 Å². The lowest BCUT2D eigenvalue weighted by Gasteiger charge is -2.22. The third kappa shape index (κ3) is 7.34. The molecule has 0 radical (unpaired) electrons. The first kappa shape index (κ1) is 17.0. The van der Waals surface area contributed by atoms with E-state index in [2.05, 4.69) is 5.32 Å². The molecule has 0 spiro atoms. The number of carbonyl (C=O) groups is 2. The Morgan fingerprint density at radius 1 is 1.19 bits per heavy atom. The summed E-state index contributed by atoms with van der Waals surface area (Å²) in [6.45, 7) is 7.22. The zero-order chi connectivity index (χ0) is 15.9. The van der Waals surface area contributed by atoms with E-state index < -0.39 is 17.6 Å². The summed E-state index contributed by atoms with van der Waals surface area (Å²) in [5, 5.41) is 2.60. The van der Waals surface area contributed by atoms with Gasteiger partial charge in [-0.15, -0.1) is 0 Å². The van der Waals surface area contributed by atoms with Crippen LogP contribution in [-0.4, -0.2) is 30.1 Å². The molecule has 0 aliphatic carbocycles. The molecule has 1 N–H and O–H groups in total. The summed E-state index contributed by atoms with van der Waals surface area (Å²) < 4.78 is 10.6. The van der Waals surface area contributed by atoms with E-state index in [1.54, 1.807) is 27.7 Å². The smallest absolute Gasteiger partial charge is 0.328 e. The first-order valence-corrected chi connectivity index (χ1v) is 6.98. The number of benzene rings is 1. The number of ether oxygens (including phenoxy) is 2. The predicted octanol–water partition coefficient (Wildman–Crippen LogP) is 2.30. The third-order valence-corrected chi connectivity index (χ3v) is 2.48. The molecule has 1 amide bonds. The van der Waals surface area contributed by atoms with Gasteiger partial charge in [0, 0.05) is 0 Å². The van der Waals surface area contributed by atoms with Crippen molar-refractivity contribution in [3.05, 3.63) is 30.3 Å². The van der Waals surface area contributed by atoms with Gasteiger partial charge in [-0.05, 0) is 39.8 Å². The van der Waals surface area contributed by atoms with Crippen LogP contribution in [0.15, 0.2) is 30.3 Å². The van der Waals surface area contributed by atoms with Crippen LogP contribution < -0.4 is 10.1 Å². The molecule has 1 aromatic carbocycles. The minimum absolute atomic E-state index is 0.183. The Morgan fingerprint density at radius 3 is 2.38 bits per heavy atom. The molecule has 0 saturated carbocycles. The van der Waals surface area contributed by atoms with E-state index in [1.807, 2.05) is 30.3 Å². The summed E-state index contributed by atoms with van der Waals surface area (Å²) in [6.07, 6.45) is 0.183. The summed E-state index contributed by atoms with van der Waals surface area (Å²) in [5.41, 5.74) is -0.563. The van der Waals surface area contributed by atoms with Crippen molar-refractivity contribution in [3.8, 4) is 5.75 Å². The van der Waals surface area contributed by atoms with E-state index in [0.29, 0.717) is 5.75 Å². The van der Waals surface area contributed by atoms with Crippen LogP contribution in [-0.2, 0) is 14.3 Å². The molecular formula is C16H23NO4. The predicted molar refractivity (Wildman–Crippen MR) is 80.0 cm³/mol. The largest absolute Gasteiger partial charge is 0.493 e. The molecule has 5 nitrogen and oxygen atoms in total. The number of carbonyl (C=O) groups excluding carboxylic acids is 2. The van der Waals surface area contributed by atoms with Crippen molar-refractivity contribution in [2.24, 2.45) is 0 Å². The monoisotopic (exact) mass is 293 g/mol. The number of para-hydroxylation sites is 1. The Kier molecular flexibility index (Phi) is 6.21. The fourth-order valence-corrected chi connectivity index (χ4v) is 1.54. The van der Waals surface area contributed by atoms with Crippen LogP contribution in [0.1, 0.15) is 34.1 Å². The van der Waals surface area contributed by atoms with E-state index in [4.69, 9.17) is 9.47 Å². The van der Waals surface area contributed by atoms with E-state index in [-0.39, 0.29) is 18.9 Å². The normalized spacial score (nSPS) is 12.4. The number of hydrogen-bond donors (Lipinski definition) is 1. The molecule has 0 saturated heterocycles. The second kappa shape index (κ2) is 7.67. The van der Waals surface area contributed by atoms with Gasteiger partial charge in [-0.25, -0.2) is 4.79 Å². The van der Waals surface area contributed by atoms with E-state index >= 15 is 0 Å². The van der Waals surface area contributed by atoms with Crippen LogP contribution in [0.3, 0.4) is 0 Å². The quantitative estimate of drug-likeness (QED) is 0.817. The van der Waals surface area contributed by atoms with Crippen LogP contribution in [0, 0.1) is 0 Å². The number of hydrogen-bond acceptors (Lipinski definition) is 4. The maximum Gasteiger partial charge on any atom is 0.328 e. The van der Waals surface area contributed by atoms with Gasteiger partial charge in [0.1, 0.15) is 17.4 Å². The van der Waals surface area contributed by atoms with E-state index in [1.165, 1.54) is 0 Å². The molecule has 5 heteroatoms. The molecule has 116 valence electrons. The Morgan fingerprint density at radius 2 is 1.81 bits per heavy atom. The standard InChI is InChI=1S/C16H23NO4/c1-12(15(19)21-16(2,3)4)17-14(18)10-11-20-13-8-6-5-7-9-13/h5-9,12H,10-11H2,1-4H3,(H,17,18)/t12-/m1/s1. The van der Waals surface area contributed by atoms with Crippen molar-refractivity contribution < 1.29 is 19.1 Å². The number of esters is 1. The molecule has 21 heavy (non-hydrogen) atoms. The molecule has 0 fully saturated rings. The highest BCUT2D eigenvalue weighted by Crippen LogP contribution is 2.09. The molecule has 0 unspecified atom stereocenters. The SMILES string of the molecule is C[C@@H](NC(=O)CCOc1ccccc1)C(=O)OC(C)(C)C. The lowest BCUT2D eigenvalue weighted by Crippen LogP contribution is -2.42. The Labute approximate surface area is 125 Å². The first-order valence-electron chi connectivity index (χ1n) is 6.98. The van der Waals surface area contributed by atoms with Gasteiger partial charge in [0.2, 0.25) is 5.91 Å². The second-order valence-electron chi connectivity index (χ2n) is 5.73. The topological polar surface area (TPSA) is 64.6 Å². The van der Waals surface area contributed by atoms with Crippen molar-refractivity contribution in [1.82, 2.24) is 5.32 Å². The number of nitrogens with one attached hydrogen (secondary N) is 1. The maximum atomic E-state index is 11.7. The highest BCUT2D eigenvalue weighted by atomic mass is 16.6. The van der Waals surface area contributed by atoms with Crippen molar-refractivity contribution in [2.75, 3.05) is 6.61 Å². The van der Waals surface area contributed by atoms with Gasteiger partial charge in [0.05, 0.1) is 13.0 Å². The van der Waals surface area contributed by atoms with Gasteiger partial charge >= 0.3 is 5.97 Å². The molecule has 0 aliphatic rings. The van der Waals surface area contributed by atoms with Crippen LogP contribution in [0.25, 0.3) is 0 Å². The van der Waals surface area contributed by atoms with Gasteiger partial charge in [-0.2, -0.15) is 0 Å². The fourth-order valence-electron chi connectivity index (χ4n) is 1.54. The van der Waals surface area contributed by atoms with Crippen molar-refractivity contribution >= 4 is 11.9 Å². The van der Waals surface area contributed by atoms with Gasteiger partial charge in [0.15, 0.2) is 0 Å².